The zero-order chi connectivity index (χ0) is 11.4. The second-order valence-electron chi connectivity index (χ2n) is 3.00. The van der Waals surface area contributed by atoms with E-state index in [-0.39, 0.29) is 29.5 Å². The number of halogens is 1. The van der Waals surface area contributed by atoms with Crippen LogP contribution >= 0.6 is 11.6 Å². The van der Waals surface area contributed by atoms with E-state index >= 15 is 0 Å². The summed E-state index contributed by atoms with van der Waals surface area (Å²) in [6, 6.07) is 4.28. The summed E-state index contributed by atoms with van der Waals surface area (Å²) in [6.45, 7) is 0. The molecule has 6 heteroatoms. The lowest BCUT2D eigenvalue weighted by Gasteiger charge is -2.01. The van der Waals surface area contributed by atoms with Crippen LogP contribution in [0.4, 0.5) is 11.4 Å². The molecule has 0 aliphatic carbocycles. The van der Waals surface area contributed by atoms with Crippen LogP contribution in [0.2, 0.25) is 0 Å². The Morgan fingerprint density at radius 2 is 2.20 bits per heavy atom. The number of benzene rings is 1. The number of nitro benzene ring substituents is 1. The summed E-state index contributed by atoms with van der Waals surface area (Å²) in [5.41, 5.74) is 5.84. The van der Waals surface area contributed by atoms with Gasteiger partial charge < -0.3 is 5.73 Å². The van der Waals surface area contributed by atoms with E-state index in [2.05, 4.69) is 0 Å². The van der Waals surface area contributed by atoms with E-state index in [0.29, 0.717) is 5.56 Å². The van der Waals surface area contributed by atoms with E-state index in [1.54, 1.807) is 6.07 Å². The Morgan fingerprint density at radius 3 is 2.73 bits per heavy atom. The minimum absolute atomic E-state index is 0.0853. The second-order valence-corrected chi connectivity index (χ2v) is 3.27. The molecule has 0 spiro atoms. The first kappa shape index (κ1) is 11.5. The van der Waals surface area contributed by atoms with Gasteiger partial charge in [0.05, 0.1) is 10.8 Å². The Bertz CT molecular complexity index is 406. The number of carbonyl (C=O) groups is 1. The number of carbonyl (C=O) groups excluding carboxylic acids is 1. The third-order valence-electron chi connectivity index (χ3n) is 1.84. The van der Waals surface area contributed by atoms with Crippen molar-refractivity contribution in [2.45, 2.75) is 6.42 Å². The molecule has 1 rings (SSSR count). The zero-order valence-corrected chi connectivity index (χ0v) is 8.53. The minimum atomic E-state index is -0.579. The number of hydrogen-bond acceptors (Lipinski definition) is 4. The molecule has 0 atom stereocenters. The molecule has 0 bridgehead atoms. The number of Topliss-reactive ketones (excluding diaryl/α,β-unsaturated/α-hetero) is 1. The van der Waals surface area contributed by atoms with E-state index in [4.69, 9.17) is 17.3 Å². The average Bonchev–Trinajstić information content (AvgIpc) is 2.20. The third-order valence-corrected chi connectivity index (χ3v) is 2.14. The highest BCUT2D eigenvalue weighted by Gasteiger charge is 2.12. The monoisotopic (exact) mass is 228 g/mol. The number of nitrogens with two attached hydrogens (primary N) is 1. The normalized spacial score (nSPS) is 9.93. The highest BCUT2D eigenvalue weighted by atomic mass is 35.5. The van der Waals surface area contributed by atoms with Crippen LogP contribution < -0.4 is 5.73 Å². The van der Waals surface area contributed by atoms with Gasteiger partial charge in [-0.25, -0.2) is 0 Å². The van der Waals surface area contributed by atoms with Crippen molar-refractivity contribution in [3.05, 3.63) is 33.9 Å². The number of anilines is 1. The summed E-state index contributed by atoms with van der Waals surface area (Å²) in [6.07, 6.45) is 0.0879. The second kappa shape index (κ2) is 4.75. The summed E-state index contributed by atoms with van der Waals surface area (Å²) < 4.78 is 0. The Hall–Kier alpha value is -1.62. The van der Waals surface area contributed by atoms with Crippen molar-refractivity contribution in [3.8, 4) is 0 Å². The van der Waals surface area contributed by atoms with Gasteiger partial charge in [0.2, 0.25) is 0 Å². The van der Waals surface area contributed by atoms with Crippen molar-refractivity contribution in [2.24, 2.45) is 0 Å². The molecule has 0 saturated carbocycles. The summed E-state index contributed by atoms with van der Waals surface area (Å²) >= 11 is 5.33. The van der Waals surface area contributed by atoms with Gasteiger partial charge in [-0.2, -0.15) is 0 Å². The first-order chi connectivity index (χ1) is 7.04. The molecule has 0 unspecified atom stereocenters. The van der Waals surface area contributed by atoms with Crippen molar-refractivity contribution in [1.82, 2.24) is 0 Å². The SMILES string of the molecule is Nc1ccc(CC(=O)CCl)cc1[N+](=O)[O-]. The van der Waals surface area contributed by atoms with Crippen LogP contribution in [0.3, 0.4) is 0 Å². The zero-order valence-electron chi connectivity index (χ0n) is 7.77. The summed E-state index contributed by atoms with van der Waals surface area (Å²) in [7, 11) is 0. The maximum absolute atomic E-state index is 11.0. The molecule has 0 fully saturated rings. The van der Waals surface area contributed by atoms with Gasteiger partial charge in [0.1, 0.15) is 5.69 Å². The number of hydrogen-bond donors (Lipinski definition) is 1. The van der Waals surface area contributed by atoms with Crippen molar-refractivity contribution in [2.75, 3.05) is 11.6 Å². The molecule has 1 aromatic rings. The van der Waals surface area contributed by atoms with Crippen molar-refractivity contribution >= 4 is 28.8 Å². The van der Waals surface area contributed by atoms with Gasteiger partial charge >= 0.3 is 0 Å². The first-order valence-electron chi connectivity index (χ1n) is 4.15. The molecular formula is C9H9ClN2O3. The fourth-order valence-corrected chi connectivity index (χ4v) is 1.23. The topological polar surface area (TPSA) is 86.2 Å². The predicted octanol–water partition coefficient (Wildman–Crippen LogP) is 1.53. The lowest BCUT2D eigenvalue weighted by atomic mass is 10.1. The maximum Gasteiger partial charge on any atom is 0.292 e. The van der Waals surface area contributed by atoms with Gasteiger partial charge in [-0.3, -0.25) is 14.9 Å². The maximum atomic E-state index is 11.0. The highest BCUT2D eigenvalue weighted by Crippen LogP contribution is 2.22. The van der Waals surface area contributed by atoms with E-state index < -0.39 is 4.92 Å². The van der Waals surface area contributed by atoms with Crippen LogP contribution in [-0.2, 0) is 11.2 Å². The largest absolute Gasteiger partial charge is 0.393 e. The van der Waals surface area contributed by atoms with Crippen LogP contribution in [0, 0.1) is 10.1 Å². The van der Waals surface area contributed by atoms with Gasteiger partial charge in [-0.15, -0.1) is 11.6 Å². The highest BCUT2D eigenvalue weighted by molar-refractivity contribution is 6.27. The summed E-state index contributed by atoms with van der Waals surface area (Å²) in [5, 5.41) is 10.5. The fraction of sp³-hybridized carbons (Fsp3) is 0.222. The van der Waals surface area contributed by atoms with Gasteiger partial charge in [0.25, 0.3) is 5.69 Å². The van der Waals surface area contributed by atoms with Crippen molar-refractivity contribution < 1.29 is 9.72 Å². The molecular weight excluding hydrogens is 220 g/mol. The smallest absolute Gasteiger partial charge is 0.292 e. The molecule has 15 heavy (non-hydrogen) atoms. The molecule has 0 aliphatic heterocycles. The van der Waals surface area contributed by atoms with E-state index in [1.165, 1.54) is 12.1 Å². The molecule has 0 aromatic heterocycles. The van der Waals surface area contributed by atoms with Crippen LogP contribution in [-0.4, -0.2) is 16.6 Å². The van der Waals surface area contributed by atoms with E-state index in [1.807, 2.05) is 0 Å². The number of rotatable bonds is 4. The molecule has 2 N–H and O–H groups in total. The first-order valence-corrected chi connectivity index (χ1v) is 4.68. The Morgan fingerprint density at radius 1 is 1.53 bits per heavy atom. The number of nitrogens with zero attached hydrogens (tertiary/aromatic N) is 1. The van der Waals surface area contributed by atoms with Gasteiger partial charge in [-0.05, 0) is 11.6 Å². The average molecular weight is 229 g/mol. The molecule has 0 aliphatic rings. The predicted molar refractivity (Wildman–Crippen MR) is 56.9 cm³/mol. The lowest BCUT2D eigenvalue weighted by molar-refractivity contribution is -0.383. The Kier molecular flexibility index (Phi) is 3.62. The van der Waals surface area contributed by atoms with Gasteiger partial charge in [0, 0.05) is 12.5 Å². The van der Waals surface area contributed by atoms with Crippen LogP contribution in [0.5, 0.6) is 0 Å². The fourth-order valence-electron chi connectivity index (χ4n) is 1.13. The van der Waals surface area contributed by atoms with E-state index in [9.17, 15) is 14.9 Å². The molecule has 0 saturated heterocycles. The molecule has 80 valence electrons. The van der Waals surface area contributed by atoms with Gasteiger partial charge in [0.15, 0.2) is 5.78 Å². The Labute approximate surface area is 91.0 Å². The van der Waals surface area contributed by atoms with Gasteiger partial charge in [-0.1, -0.05) is 6.07 Å². The van der Waals surface area contributed by atoms with Crippen molar-refractivity contribution in [3.63, 3.8) is 0 Å². The van der Waals surface area contributed by atoms with Crippen LogP contribution in [0.15, 0.2) is 18.2 Å². The van der Waals surface area contributed by atoms with Crippen molar-refractivity contribution in [1.29, 1.82) is 0 Å². The molecule has 0 radical (unpaired) electrons. The number of alkyl halides is 1. The van der Waals surface area contributed by atoms with Crippen LogP contribution in [0.1, 0.15) is 5.56 Å². The molecule has 0 amide bonds. The molecule has 5 nitrogen and oxygen atoms in total. The number of nitro groups is 1. The minimum Gasteiger partial charge on any atom is -0.393 e. The molecule has 1 aromatic carbocycles. The third kappa shape index (κ3) is 2.92. The van der Waals surface area contributed by atoms with Crippen LogP contribution in [0.25, 0.3) is 0 Å². The summed E-state index contributed by atoms with van der Waals surface area (Å²) in [4.78, 5) is 21.0. The summed E-state index contributed by atoms with van der Waals surface area (Å²) in [5.74, 6) is -0.284. The number of ketones is 1. The number of nitrogen functional groups attached to an aromatic ring is 1. The molecule has 0 heterocycles. The quantitative estimate of drug-likeness (QED) is 0.366. The Balaban J connectivity index is 2.97. The lowest BCUT2D eigenvalue weighted by Crippen LogP contribution is -2.05. The van der Waals surface area contributed by atoms with E-state index in [0.717, 1.165) is 0 Å². The standard InChI is InChI=1S/C9H9ClN2O3/c10-5-7(13)3-6-1-2-8(11)9(4-6)12(14)15/h1-2,4H,3,5,11H2.